The van der Waals surface area contributed by atoms with Crippen LogP contribution in [0.4, 0.5) is 13.2 Å². The summed E-state index contributed by atoms with van der Waals surface area (Å²) in [5.41, 5.74) is -0.745. The van der Waals surface area contributed by atoms with Crippen molar-refractivity contribution in [2.75, 3.05) is 0 Å². The van der Waals surface area contributed by atoms with Crippen LogP contribution in [0, 0.1) is 11.3 Å². The van der Waals surface area contributed by atoms with Crippen molar-refractivity contribution in [3.63, 3.8) is 0 Å². The van der Waals surface area contributed by atoms with Crippen LogP contribution in [0.1, 0.15) is 23.2 Å². The van der Waals surface area contributed by atoms with Crippen LogP contribution in [-0.2, 0) is 6.67 Å². The van der Waals surface area contributed by atoms with E-state index < -0.39 is 18.8 Å². The van der Waals surface area contributed by atoms with Crippen LogP contribution in [0.2, 0.25) is 0 Å². The zero-order valence-electron chi connectivity index (χ0n) is 6.47. The molecule has 1 aromatic heterocycles. The molecule has 13 heavy (non-hydrogen) atoms. The lowest BCUT2D eigenvalue weighted by Gasteiger charge is -2.01. The summed E-state index contributed by atoms with van der Waals surface area (Å²) in [5, 5.41) is 8.44. The molecule has 1 aromatic rings. The predicted molar refractivity (Wildman–Crippen MR) is 38.7 cm³/mol. The van der Waals surface area contributed by atoms with Gasteiger partial charge in [0.25, 0.3) is 6.43 Å². The van der Waals surface area contributed by atoms with E-state index in [2.05, 4.69) is 4.98 Å². The highest BCUT2D eigenvalue weighted by molar-refractivity contribution is 5.36. The first-order valence-electron chi connectivity index (χ1n) is 3.42. The minimum Gasteiger partial charge on any atom is -0.253 e. The number of hydrogen-bond donors (Lipinski definition) is 0. The molecule has 0 aliphatic heterocycles. The van der Waals surface area contributed by atoms with Gasteiger partial charge >= 0.3 is 0 Å². The van der Waals surface area contributed by atoms with Gasteiger partial charge in [-0.2, -0.15) is 5.26 Å². The quantitative estimate of drug-likeness (QED) is 0.710. The van der Waals surface area contributed by atoms with Gasteiger partial charge in [0, 0.05) is 11.8 Å². The normalized spacial score (nSPS) is 10.1. The summed E-state index contributed by atoms with van der Waals surface area (Å²) in [4.78, 5) is 3.31. The van der Waals surface area contributed by atoms with Gasteiger partial charge in [-0.3, -0.25) is 4.98 Å². The number of hydrogen-bond acceptors (Lipinski definition) is 2. The van der Waals surface area contributed by atoms with Crippen molar-refractivity contribution in [3.8, 4) is 6.07 Å². The first-order valence-corrected chi connectivity index (χ1v) is 3.42. The number of alkyl halides is 3. The monoisotopic (exact) mass is 186 g/mol. The number of halogens is 3. The van der Waals surface area contributed by atoms with Crippen LogP contribution >= 0.6 is 0 Å². The lowest BCUT2D eigenvalue weighted by molar-refractivity contribution is 0.145. The molecule has 0 amide bonds. The second kappa shape index (κ2) is 3.90. The highest BCUT2D eigenvalue weighted by Crippen LogP contribution is 2.20. The lowest BCUT2D eigenvalue weighted by atomic mass is 10.1. The first-order chi connectivity index (χ1) is 6.19. The molecule has 1 heterocycles. The highest BCUT2D eigenvalue weighted by atomic mass is 19.3. The van der Waals surface area contributed by atoms with E-state index in [1.54, 1.807) is 6.07 Å². The molecule has 2 nitrogen and oxygen atoms in total. The third-order valence-corrected chi connectivity index (χ3v) is 1.46. The molecule has 0 aromatic carbocycles. The molecule has 0 N–H and O–H groups in total. The highest BCUT2D eigenvalue weighted by Gasteiger charge is 2.14. The van der Waals surface area contributed by atoms with E-state index in [0.29, 0.717) is 0 Å². The molecule has 0 saturated carbocycles. The van der Waals surface area contributed by atoms with Crippen molar-refractivity contribution in [2.24, 2.45) is 0 Å². The van der Waals surface area contributed by atoms with E-state index in [9.17, 15) is 13.2 Å². The molecule has 0 radical (unpaired) electrons. The van der Waals surface area contributed by atoms with Crippen LogP contribution in [0.15, 0.2) is 12.3 Å². The zero-order chi connectivity index (χ0) is 9.84. The van der Waals surface area contributed by atoms with Crippen LogP contribution in [-0.4, -0.2) is 4.98 Å². The molecule has 0 atom stereocenters. The SMILES string of the molecule is N#Cc1cc(CF)cnc1C(F)F. The average molecular weight is 186 g/mol. The van der Waals surface area contributed by atoms with Gasteiger partial charge in [-0.25, -0.2) is 13.2 Å². The molecular formula is C8H5F3N2. The fraction of sp³-hybridized carbons (Fsp3) is 0.250. The second-order valence-corrected chi connectivity index (χ2v) is 2.32. The van der Waals surface area contributed by atoms with E-state index in [0.717, 1.165) is 12.3 Å². The first kappa shape index (κ1) is 9.52. The molecule has 0 fully saturated rings. The molecule has 0 unspecified atom stereocenters. The third kappa shape index (κ3) is 1.96. The predicted octanol–water partition coefficient (Wildman–Crippen LogP) is 2.36. The van der Waals surface area contributed by atoms with E-state index >= 15 is 0 Å². The Morgan fingerprint density at radius 1 is 1.54 bits per heavy atom. The van der Waals surface area contributed by atoms with E-state index in [4.69, 9.17) is 5.26 Å². The van der Waals surface area contributed by atoms with E-state index in [-0.39, 0.29) is 11.1 Å². The van der Waals surface area contributed by atoms with Gasteiger partial charge in [-0.15, -0.1) is 0 Å². The Morgan fingerprint density at radius 2 is 2.23 bits per heavy atom. The molecule has 0 saturated heterocycles. The number of aromatic nitrogens is 1. The fourth-order valence-corrected chi connectivity index (χ4v) is 0.855. The second-order valence-electron chi connectivity index (χ2n) is 2.32. The maximum Gasteiger partial charge on any atom is 0.281 e. The standard InChI is InChI=1S/C8H5F3N2/c9-2-5-1-6(3-12)7(8(10)11)13-4-5/h1,4,8H,2H2. The van der Waals surface area contributed by atoms with Crippen molar-refractivity contribution >= 4 is 0 Å². The fourth-order valence-electron chi connectivity index (χ4n) is 0.855. The Bertz CT molecular complexity index is 344. The summed E-state index contributed by atoms with van der Waals surface area (Å²) in [6.07, 6.45) is -1.80. The van der Waals surface area contributed by atoms with Crippen LogP contribution in [0.3, 0.4) is 0 Å². The topological polar surface area (TPSA) is 36.7 Å². The van der Waals surface area contributed by atoms with Crippen molar-refractivity contribution in [1.82, 2.24) is 4.98 Å². The molecule has 68 valence electrons. The van der Waals surface area contributed by atoms with Crippen molar-refractivity contribution < 1.29 is 13.2 Å². The van der Waals surface area contributed by atoms with Gasteiger partial charge in [0.05, 0.1) is 5.56 Å². The Kier molecular flexibility index (Phi) is 2.85. The Hall–Kier alpha value is -1.57. The Labute approximate surface area is 72.6 Å². The lowest BCUT2D eigenvalue weighted by Crippen LogP contribution is -1.96. The van der Waals surface area contributed by atoms with Gasteiger partial charge in [0.2, 0.25) is 0 Å². The summed E-state index contributed by atoms with van der Waals surface area (Å²) >= 11 is 0. The zero-order valence-corrected chi connectivity index (χ0v) is 6.47. The van der Waals surface area contributed by atoms with Crippen LogP contribution in [0.25, 0.3) is 0 Å². The summed E-state index contributed by atoms with van der Waals surface area (Å²) in [7, 11) is 0. The molecule has 5 heteroatoms. The summed E-state index contributed by atoms with van der Waals surface area (Å²) in [6, 6.07) is 2.62. The molecule has 1 rings (SSSR count). The molecule has 0 aliphatic rings. The molecular weight excluding hydrogens is 181 g/mol. The maximum atomic E-state index is 12.1. The molecule has 0 aliphatic carbocycles. The number of nitriles is 1. The smallest absolute Gasteiger partial charge is 0.253 e. The Morgan fingerprint density at radius 3 is 2.69 bits per heavy atom. The average Bonchev–Trinajstić information content (AvgIpc) is 2.16. The van der Waals surface area contributed by atoms with Crippen molar-refractivity contribution in [3.05, 3.63) is 29.1 Å². The van der Waals surface area contributed by atoms with Crippen LogP contribution in [0.5, 0.6) is 0 Å². The third-order valence-electron chi connectivity index (χ3n) is 1.46. The van der Waals surface area contributed by atoms with Gasteiger partial charge in [-0.05, 0) is 6.07 Å². The van der Waals surface area contributed by atoms with Crippen LogP contribution < -0.4 is 0 Å². The van der Waals surface area contributed by atoms with Crippen molar-refractivity contribution in [2.45, 2.75) is 13.1 Å². The number of rotatable bonds is 2. The summed E-state index contributed by atoms with van der Waals surface area (Å²) in [5.74, 6) is 0. The largest absolute Gasteiger partial charge is 0.281 e. The van der Waals surface area contributed by atoms with E-state index in [1.807, 2.05) is 0 Å². The minimum atomic E-state index is -2.80. The van der Waals surface area contributed by atoms with Gasteiger partial charge in [0.15, 0.2) is 0 Å². The maximum absolute atomic E-state index is 12.1. The van der Waals surface area contributed by atoms with E-state index in [1.165, 1.54) is 0 Å². The minimum absolute atomic E-state index is 0.126. The van der Waals surface area contributed by atoms with Gasteiger partial charge < -0.3 is 0 Å². The summed E-state index contributed by atoms with van der Waals surface area (Å²) < 4.78 is 36.3. The summed E-state index contributed by atoms with van der Waals surface area (Å²) in [6.45, 7) is -0.814. The number of pyridine rings is 1. The molecule has 0 spiro atoms. The van der Waals surface area contributed by atoms with Crippen molar-refractivity contribution in [1.29, 1.82) is 5.26 Å². The van der Waals surface area contributed by atoms with Gasteiger partial charge in [-0.1, -0.05) is 0 Å². The van der Waals surface area contributed by atoms with Gasteiger partial charge in [0.1, 0.15) is 18.4 Å². The molecule has 0 bridgehead atoms. The number of nitrogens with zero attached hydrogens (tertiary/aromatic N) is 2. The Balaban J connectivity index is 3.18.